The normalized spacial score (nSPS) is 15.8. The average molecular weight is 182 g/mol. The van der Waals surface area contributed by atoms with Gasteiger partial charge in [0.1, 0.15) is 5.54 Å². The third-order valence-corrected chi connectivity index (χ3v) is 2.57. The highest BCUT2D eigenvalue weighted by Crippen LogP contribution is 2.20. The van der Waals surface area contributed by atoms with E-state index in [0.717, 1.165) is 13.0 Å². The number of nitrogens with zero attached hydrogens (tertiary/aromatic N) is 1. The van der Waals surface area contributed by atoms with Crippen molar-refractivity contribution in [1.29, 1.82) is 5.26 Å². The Labute approximate surface area is 82.3 Å². The molecule has 0 radical (unpaired) electrons. The summed E-state index contributed by atoms with van der Waals surface area (Å²) >= 11 is 0. The highest BCUT2D eigenvalue weighted by molar-refractivity contribution is 5.08. The van der Waals surface area contributed by atoms with Crippen LogP contribution in [0.2, 0.25) is 0 Å². The summed E-state index contributed by atoms with van der Waals surface area (Å²) in [5.41, 5.74) is -0.329. The first kappa shape index (κ1) is 12.4. The molecule has 1 unspecified atom stereocenters. The molecule has 0 aliphatic heterocycles. The molecule has 0 aromatic carbocycles. The van der Waals surface area contributed by atoms with Gasteiger partial charge >= 0.3 is 0 Å². The van der Waals surface area contributed by atoms with Gasteiger partial charge in [0.2, 0.25) is 0 Å². The molecule has 0 saturated carbocycles. The molecule has 2 heteroatoms. The molecular formula is C11H22N2. The summed E-state index contributed by atoms with van der Waals surface area (Å²) in [6.07, 6.45) is 0.869. The second-order valence-electron chi connectivity index (χ2n) is 4.37. The van der Waals surface area contributed by atoms with Gasteiger partial charge in [-0.2, -0.15) is 5.26 Å². The third-order valence-electron chi connectivity index (χ3n) is 2.57. The lowest BCUT2D eigenvalue weighted by molar-refractivity contribution is 0.288. The molecule has 0 rings (SSSR count). The van der Waals surface area contributed by atoms with Gasteiger partial charge in [0.25, 0.3) is 0 Å². The summed E-state index contributed by atoms with van der Waals surface area (Å²) in [5.74, 6) is 0.958. The van der Waals surface area contributed by atoms with Gasteiger partial charge < -0.3 is 0 Å². The van der Waals surface area contributed by atoms with E-state index in [1.165, 1.54) is 0 Å². The molecule has 0 aromatic rings. The molecule has 0 amide bonds. The van der Waals surface area contributed by atoms with Crippen LogP contribution in [-0.4, -0.2) is 12.1 Å². The third kappa shape index (κ3) is 3.36. The minimum absolute atomic E-state index is 0.329. The lowest BCUT2D eigenvalue weighted by Crippen LogP contribution is -2.49. The van der Waals surface area contributed by atoms with E-state index in [-0.39, 0.29) is 5.54 Å². The van der Waals surface area contributed by atoms with Crippen molar-refractivity contribution in [2.45, 2.75) is 46.6 Å². The molecule has 1 N–H and O–H groups in total. The molecule has 13 heavy (non-hydrogen) atoms. The molecular weight excluding hydrogens is 160 g/mol. The Bertz CT molecular complexity index is 179. The largest absolute Gasteiger partial charge is 0.299 e. The van der Waals surface area contributed by atoms with Crippen molar-refractivity contribution in [2.75, 3.05) is 6.54 Å². The second kappa shape index (κ2) is 5.24. The highest BCUT2D eigenvalue weighted by atomic mass is 15.0. The zero-order valence-electron chi connectivity index (χ0n) is 9.52. The van der Waals surface area contributed by atoms with Crippen LogP contribution in [0.15, 0.2) is 0 Å². The second-order valence-corrected chi connectivity index (χ2v) is 4.37. The van der Waals surface area contributed by atoms with Crippen molar-refractivity contribution >= 4 is 0 Å². The fraction of sp³-hybridized carbons (Fsp3) is 0.909. The van der Waals surface area contributed by atoms with E-state index in [1.807, 2.05) is 0 Å². The van der Waals surface area contributed by atoms with Crippen LogP contribution in [0.25, 0.3) is 0 Å². The van der Waals surface area contributed by atoms with Gasteiger partial charge in [-0.1, -0.05) is 34.6 Å². The number of rotatable bonds is 5. The van der Waals surface area contributed by atoms with E-state index >= 15 is 0 Å². The van der Waals surface area contributed by atoms with Crippen LogP contribution in [0.5, 0.6) is 0 Å². The first-order valence-electron chi connectivity index (χ1n) is 5.14. The minimum Gasteiger partial charge on any atom is -0.299 e. The predicted octanol–water partition coefficient (Wildman–Crippen LogP) is 2.56. The molecule has 0 fully saturated rings. The summed E-state index contributed by atoms with van der Waals surface area (Å²) in [6, 6.07) is 2.41. The summed E-state index contributed by atoms with van der Waals surface area (Å²) in [6.45, 7) is 11.5. The Morgan fingerprint density at radius 2 is 1.85 bits per heavy atom. The van der Waals surface area contributed by atoms with Crippen molar-refractivity contribution in [2.24, 2.45) is 11.8 Å². The number of hydrogen-bond donors (Lipinski definition) is 1. The Balaban J connectivity index is 4.33. The highest BCUT2D eigenvalue weighted by Gasteiger charge is 2.31. The molecule has 2 nitrogen and oxygen atoms in total. The first-order valence-corrected chi connectivity index (χ1v) is 5.14. The quantitative estimate of drug-likeness (QED) is 0.709. The topological polar surface area (TPSA) is 35.8 Å². The Morgan fingerprint density at radius 3 is 2.08 bits per heavy atom. The molecule has 0 aliphatic rings. The maximum atomic E-state index is 9.15. The molecule has 0 saturated heterocycles. The maximum absolute atomic E-state index is 9.15. The van der Waals surface area contributed by atoms with Crippen molar-refractivity contribution < 1.29 is 0 Å². The minimum atomic E-state index is -0.329. The molecule has 1 atom stereocenters. The summed E-state index contributed by atoms with van der Waals surface area (Å²) < 4.78 is 0. The van der Waals surface area contributed by atoms with E-state index in [4.69, 9.17) is 5.26 Å². The van der Waals surface area contributed by atoms with Gasteiger partial charge in [-0.25, -0.2) is 0 Å². The van der Waals surface area contributed by atoms with Gasteiger partial charge in [-0.15, -0.1) is 0 Å². The molecule has 0 heterocycles. The van der Waals surface area contributed by atoms with Gasteiger partial charge in [0.05, 0.1) is 6.07 Å². The fourth-order valence-electron chi connectivity index (χ4n) is 1.37. The van der Waals surface area contributed by atoms with E-state index in [2.05, 4.69) is 46.0 Å². The van der Waals surface area contributed by atoms with Crippen LogP contribution in [0, 0.1) is 23.2 Å². The number of nitriles is 1. The van der Waals surface area contributed by atoms with Crippen LogP contribution < -0.4 is 5.32 Å². The Kier molecular flexibility index (Phi) is 5.02. The Morgan fingerprint density at radius 1 is 1.31 bits per heavy atom. The number of hydrogen-bond acceptors (Lipinski definition) is 2. The van der Waals surface area contributed by atoms with Crippen molar-refractivity contribution in [1.82, 2.24) is 5.32 Å². The zero-order valence-corrected chi connectivity index (χ0v) is 9.52. The SMILES string of the molecule is CCC(C#N)(NCC(C)C)C(C)C. The molecule has 0 bridgehead atoms. The van der Waals surface area contributed by atoms with Gasteiger partial charge in [-0.3, -0.25) is 5.32 Å². The molecule has 76 valence electrons. The predicted molar refractivity (Wildman–Crippen MR) is 56.3 cm³/mol. The standard InChI is InChI=1S/C11H22N2/c1-6-11(8-12,10(4)5)13-7-9(2)3/h9-10,13H,6-7H2,1-5H3. The van der Waals surface area contributed by atoms with E-state index in [9.17, 15) is 0 Å². The molecule has 0 aliphatic carbocycles. The molecule has 0 spiro atoms. The van der Waals surface area contributed by atoms with Crippen LogP contribution >= 0.6 is 0 Å². The lowest BCUT2D eigenvalue weighted by atomic mass is 9.85. The average Bonchev–Trinajstić information content (AvgIpc) is 2.06. The van der Waals surface area contributed by atoms with Gasteiger partial charge in [0.15, 0.2) is 0 Å². The smallest absolute Gasteiger partial charge is 0.108 e. The van der Waals surface area contributed by atoms with Crippen LogP contribution in [-0.2, 0) is 0 Å². The number of nitrogens with one attached hydrogen (secondary N) is 1. The lowest BCUT2D eigenvalue weighted by Gasteiger charge is -2.31. The van der Waals surface area contributed by atoms with E-state index in [1.54, 1.807) is 0 Å². The maximum Gasteiger partial charge on any atom is 0.108 e. The summed E-state index contributed by atoms with van der Waals surface area (Å²) in [7, 11) is 0. The van der Waals surface area contributed by atoms with Gasteiger partial charge in [0, 0.05) is 0 Å². The summed E-state index contributed by atoms with van der Waals surface area (Å²) in [5, 5.41) is 12.5. The van der Waals surface area contributed by atoms with Crippen molar-refractivity contribution in [3.05, 3.63) is 0 Å². The summed E-state index contributed by atoms with van der Waals surface area (Å²) in [4.78, 5) is 0. The fourth-order valence-corrected chi connectivity index (χ4v) is 1.37. The van der Waals surface area contributed by atoms with Gasteiger partial charge in [-0.05, 0) is 24.8 Å². The first-order chi connectivity index (χ1) is 5.98. The van der Waals surface area contributed by atoms with Crippen LogP contribution in [0.3, 0.4) is 0 Å². The van der Waals surface area contributed by atoms with Crippen molar-refractivity contribution in [3.8, 4) is 6.07 Å². The monoisotopic (exact) mass is 182 g/mol. The Hall–Kier alpha value is -0.550. The zero-order chi connectivity index (χ0) is 10.5. The van der Waals surface area contributed by atoms with Crippen LogP contribution in [0.1, 0.15) is 41.0 Å². The van der Waals surface area contributed by atoms with Crippen molar-refractivity contribution in [3.63, 3.8) is 0 Å². The van der Waals surface area contributed by atoms with E-state index in [0.29, 0.717) is 11.8 Å². The van der Waals surface area contributed by atoms with E-state index < -0.39 is 0 Å². The van der Waals surface area contributed by atoms with Crippen LogP contribution in [0.4, 0.5) is 0 Å². The molecule has 0 aromatic heterocycles.